The van der Waals surface area contributed by atoms with E-state index < -0.39 is 11.7 Å². The van der Waals surface area contributed by atoms with Crippen molar-refractivity contribution in [1.82, 2.24) is 14.8 Å². The number of pyridine rings is 1. The predicted molar refractivity (Wildman–Crippen MR) is 109 cm³/mol. The van der Waals surface area contributed by atoms with Crippen molar-refractivity contribution in [3.8, 4) is 5.82 Å². The zero-order valence-corrected chi connectivity index (χ0v) is 17.2. The molecule has 0 aliphatic heterocycles. The molecule has 2 heterocycles. The van der Waals surface area contributed by atoms with Gasteiger partial charge in [0.1, 0.15) is 0 Å². The second-order valence-corrected chi connectivity index (χ2v) is 7.65. The molecule has 3 rings (SSSR count). The second-order valence-electron chi connectivity index (χ2n) is 7.65. The van der Waals surface area contributed by atoms with Crippen LogP contribution < -0.4 is 5.32 Å². The third kappa shape index (κ3) is 4.53. The number of carbonyl (C=O) groups excluding carboxylic acids is 1. The molecule has 0 fully saturated rings. The molecule has 1 aromatic carbocycles. The maximum Gasteiger partial charge on any atom is 0.417 e. The van der Waals surface area contributed by atoms with E-state index in [4.69, 9.17) is 0 Å². The smallest absolute Gasteiger partial charge is 0.322 e. The van der Waals surface area contributed by atoms with E-state index in [2.05, 4.69) is 29.2 Å². The van der Waals surface area contributed by atoms with E-state index in [1.807, 2.05) is 32.0 Å². The maximum absolute atomic E-state index is 12.9. The van der Waals surface area contributed by atoms with Crippen molar-refractivity contribution < 1.29 is 18.0 Å². The normalized spacial score (nSPS) is 11.9. The third-order valence-electron chi connectivity index (χ3n) is 4.70. The van der Waals surface area contributed by atoms with Crippen LogP contribution in [0, 0.1) is 0 Å². The molecule has 1 amide bonds. The van der Waals surface area contributed by atoms with Crippen LogP contribution in [0.4, 0.5) is 18.9 Å². The highest BCUT2D eigenvalue weighted by atomic mass is 19.4. The monoisotopic (exact) mass is 416 g/mol. The molecule has 8 heteroatoms. The molecule has 0 aliphatic carbocycles. The fraction of sp³-hybridized carbons (Fsp3) is 0.318. The van der Waals surface area contributed by atoms with Gasteiger partial charge in [-0.3, -0.25) is 4.79 Å². The summed E-state index contributed by atoms with van der Waals surface area (Å²) < 4.78 is 39.8. The van der Waals surface area contributed by atoms with Crippen LogP contribution >= 0.6 is 0 Å². The Labute approximate surface area is 173 Å². The molecule has 2 aromatic heterocycles. The Hall–Kier alpha value is -3.16. The van der Waals surface area contributed by atoms with Gasteiger partial charge in [-0.15, -0.1) is 0 Å². The van der Waals surface area contributed by atoms with Crippen molar-refractivity contribution >= 4 is 11.6 Å². The van der Waals surface area contributed by atoms with Crippen LogP contribution in [0.15, 0.2) is 48.8 Å². The van der Waals surface area contributed by atoms with E-state index >= 15 is 0 Å². The minimum absolute atomic E-state index is 0.112. The summed E-state index contributed by atoms with van der Waals surface area (Å²) in [7, 11) is 0. The van der Waals surface area contributed by atoms with Gasteiger partial charge in [0.25, 0.3) is 5.91 Å². The minimum Gasteiger partial charge on any atom is -0.322 e. The van der Waals surface area contributed by atoms with Gasteiger partial charge in [-0.05, 0) is 41.7 Å². The van der Waals surface area contributed by atoms with Crippen molar-refractivity contribution in [2.24, 2.45) is 0 Å². The Morgan fingerprint density at radius 2 is 1.77 bits per heavy atom. The van der Waals surface area contributed by atoms with E-state index in [0.717, 1.165) is 17.8 Å². The van der Waals surface area contributed by atoms with Gasteiger partial charge in [0.05, 0.1) is 23.0 Å². The van der Waals surface area contributed by atoms with Gasteiger partial charge < -0.3 is 5.32 Å². The Morgan fingerprint density at radius 3 is 2.33 bits per heavy atom. The van der Waals surface area contributed by atoms with E-state index in [1.54, 1.807) is 6.07 Å². The highest BCUT2D eigenvalue weighted by Crippen LogP contribution is 2.30. The van der Waals surface area contributed by atoms with Gasteiger partial charge >= 0.3 is 6.18 Å². The molecule has 0 unspecified atom stereocenters. The molecule has 0 bridgehead atoms. The van der Waals surface area contributed by atoms with E-state index in [9.17, 15) is 18.0 Å². The molecule has 0 saturated carbocycles. The fourth-order valence-electron chi connectivity index (χ4n) is 3.12. The van der Waals surface area contributed by atoms with Crippen LogP contribution in [0.25, 0.3) is 5.82 Å². The topological polar surface area (TPSA) is 59.8 Å². The number of rotatable bonds is 5. The van der Waals surface area contributed by atoms with Crippen LogP contribution in [0.2, 0.25) is 0 Å². The van der Waals surface area contributed by atoms with Crippen LogP contribution in [-0.4, -0.2) is 20.7 Å². The summed E-state index contributed by atoms with van der Waals surface area (Å²) in [6.45, 7) is 7.90. The lowest BCUT2D eigenvalue weighted by Crippen LogP contribution is -2.16. The first-order chi connectivity index (χ1) is 14.1. The summed E-state index contributed by atoms with van der Waals surface area (Å²) in [6.07, 6.45) is -2.29. The minimum atomic E-state index is -4.47. The summed E-state index contributed by atoms with van der Waals surface area (Å²) >= 11 is 0. The van der Waals surface area contributed by atoms with Crippen LogP contribution in [0.3, 0.4) is 0 Å². The first kappa shape index (κ1) is 21.5. The van der Waals surface area contributed by atoms with Gasteiger partial charge in [0.2, 0.25) is 0 Å². The number of carbonyl (C=O) groups is 1. The average Bonchev–Trinajstić information content (AvgIpc) is 3.13. The number of hydrogen-bond acceptors (Lipinski definition) is 3. The summed E-state index contributed by atoms with van der Waals surface area (Å²) in [5.41, 5.74) is 1.84. The fourth-order valence-corrected chi connectivity index (χ4v) is 3.12. The number of hydrogen-bond donors (Lipinski definition) is 1. The number of nitrogens with zero attached hydrogens (tertiary/aromatic N) is 3. The number of halogens is 3. The van der Waals surface area contributed by atoms with Crippen molar-refractivity contribution in [2.75, 3.05) is 5.32 Å². The molecule has 0 aliphatic rings. The van der Waals surface area contributed by atoms with Gasteiger partial charge in [-0.25, -0.2) is 9.67 Å². The zero-order chi connectivity index (χ0) is 22.1. The molecule has 30 heavy (non-hydrogen) atoms. The Balaban J connectivity index is 1.92. The molecule has 0 atom stereocenters. The molecule has 5 nitrogen and oxygen atoms in total. The van der Waals surface area contributed by atoms with Crippen LogP contribution in [-0.2, 0) is 6.18 Å². The second kappa shape index (κ2) is 8.30. The molecule has 0 radical (unpaired) electrons. The Kier molecular flexibility index (Phi) is 5.96. The maximum atomic E-state index is 12.9. The summed E-state index contributed by atoms with van der Waals surface area (Å²) in [5, 5.41) is 7.10. The van der Waals surface area contributed by atoms with Crippen LogP contribution in [0.1, 0.15) is 66.7 Å². The van der Waals surface area contributed by atoms with E-state index in [0.29, 0.717) is 22.9 Å². The van der Waals surface area contributed by atoms with Gasteiger partial charge in [0.15, 0.2) is 5.82 Å². The summed E-state index contributed by atoms with van der Waals surface area (Å²) in [4.78, 5) is 16.8. The van der Waals surface area contributed by atoms with Crippen molar-refractivity contribution in [2.45, 2.75) is 45.7 Å². The van der Waals surface area contributed by atoms with Gasteiger partial charge in [-0.2, -0.15) is 18.3 Å². The molecular formula is C22H23F3N4O. The molecule has 0 saturated heterocycles. The number of anilines is 1. The van der Waals surface area contributed by atoms with Crippen LogP contribution in [0.5, 0.6) is 0 Å². The number of aromatic nitrogens is 3. The first-order valence-corrected chi connectivity index (χ1v) is 9.60. The first-order valence-electron chi connectivity index (χ1n) is 9.60. The standard InChI is InChI=1S/C22H23F3N4O/c1-13(2)15-6-5-7-17(10-15)28-21(30)18-12-27-29(20(18)14(3)4)19-9-8-16(11-26-19)22(23,24)25/h5-14H,1-4H3,(H,28,30). The summed E-state index contributed by atoms with van der Waals surface area (Å²) in [5.74, 6) is 0.0891. The quantitative estimate of drug-likeness (QED) is 0.573. The zero-order valence-electron chi connectivity index (χ0n) is 17.2. The predicted octanol–water partition coefficient (Wildman–Crippen LogP) is 5.79. The highest BCUT2D eigenvalue weighted by molar-refractivity contribution is 6.05. The van der Waals surface area contributed by atoms with E-state index in [-0.39, 0.29) is 17.6 Å². The van der Waals surface area contributed by atoms with Crippen molar-refractivity contribution in [1.29, 1.82) is 0 Å². The highest BCUT2D eigenvalue weighted by Gasteiger charge is 2.31. The summed E-state index contributed by atoms with van der Waals surface area (Å²) in [6, 6.07) is 9.79. The van der Waals surface area contributed by atoms with Gasteiger partial charge in [0, 0.05) is 11.9 Å². The SMILES string of the molecule is CC(C)c1cccc(NC(=O)c2cnn(-c3ccc(C(F)(F)F)cn3)c2C(C)C)c1. The Bertz CT molecular complexity index is 1040. The molecular weight excluding hydrogens is 393 g/mol. The largest absolute Gasteiger partial charge is 0.417 e. The number of benzene rings is 1. The van der Waals surface area contributed by atoms with Crippen molar-refractivity contribution in [3.63, 3.8) is 0 Å². The lowest BCUT2D eigenvalue weighted by atomic mass is 10.0. The Morgan fingerprint density at radius 1 is 1.03 bits per heavy atom. The lowest BCUT2D eigenvalue weighted by Gasteiger charge is -2.14. The van der Waals surface area contributed by atoms with E-state index in [1.165, 1.54) is 16.9 Å². The molecule has 158 valence electrons. The lowest BCUT2D eigenvalue weighted by molar-refractivity contribution is -0.137. The van der Waals surface area contributed by atoms with Crippen molar-refractivity contribution in [3.05, 3.63) is 71.2 Å². The molecule has 3 aromatic rings. The molecule has 0 spiro atoms. The average molecular weight is 416 g/mol. The van der Waals surface area contributed by atoms with Gasteiger partial charge in [-0.1, -0.05) is 39.8 Å². The number of amides is 1. The number of alkyl halides is 3. The number of nitrogens with one attached hydrogen (secondary N) is 1. The molecule has 1 N–H and O–H groups in total. The third-order valence-corrected chi connectivity index (χ3v) is 4.70.